The van der Waals surface area contributed by atoms with E-state index >= 15 is 0 Å². The Morgan fingerprint density at radius 3 is 2.28 bits per heavy atom. The molecule has 0 atom stereocenters. The van der Waals surface area contributed by atoms with E-state index in [0.29, 0.717) is 23.7 Å². The third-order valence-corrected chi connectivity index (χ3v) is 3.61. The number of hydrogen-bond donors (Lipinski definition) is 1. The number of hydrogen-bond acceptors (Lipinski definition) is 4. The number of carbonyl (C=O) groups is 1. The van der Waals surface area contributed by atoms with Crippen LogP contribution < -0.4 is 19.5 Å². The Labute approximate surface area is 144 Å². The Kier molecular flexibility index (Phi) is 6.16. The van der Waals surface area contributed by atoms with E-state index in [2.05, 4.69) is 5.32 Å². The average molecular weight is 351 g/mol. The van der Waals surface area contributed by atoms with Crippen molar-refractivity contribution < 1.29 is 27.8 Å². The molecule has 134 valence electrons. The zero-order chi connectivity index (χ0) is 18.4. The van der Waals surface area contributed by atoms with Crippen LogP contribution in [-0.4, -0.2) is 27.2 Å². The minimum Gasteiger partial charge on any atom is -0.493 e. The molecule has 1 amide bonds. The van der Waals surface area contributed by atoms with Gasteiger partial charge in [0.15, 0.2) is 23.1 Å². The fourth-order valence-corrected chi connectivity index (χ4v) is 2.41. The number of rotatable bonds is 7. The zero-order valence-electron chi connectivity index (χ0n) is 14.2. The molecule has 0 aliphatic rings. The lowest BCUT2D eigenvalue weighted by Gasteiger charge is -2.15. The van der Waals surface area contributed by atoms with Crippen molar-refractivity contribution in [3.05, 3.63) is 47.5 Å². The van der Waals surface area contributed by atoms with Gasteiger partial charge in [0, 0.05) is 18.2 Å². The predicted octanol–water partition coefficient (Wildman–Crippen LogP) is 3.56. The second-order valence-electron chi connectivity index (χ2n) is 5.17. The van der Waals surface area contributed by atoms with E-state index in [-0.39, 0.29) is 18.0 Å². The van der Waals surface area contributed by atoms with Crippen LogP contribution in [-0.2, 0) is 11.2 Å². The summed E-state index contributed by atoms with van der Waals surface area (Å²) in [7, 11) is 4.52. The van der Waals surface area contributed by atoms with Gasteiger partial charge in [-0.1, -0.05) is 6.07 Å². The predicted molar refractivity (Wildman–Crippen MR) is 89.4 cm³/mol. The van der Waals surface area contributed by atoms with Gasteiger partial charge in [0.1, 0.15) is 0 Å². The molecule has 0 saturated heterocycles. The van der Waals surface area contributed by atoms with E-state index in [4.69, 9.17) is 14.2 Å². The molecular weight excluding hydrogens is 332 g/mol. The summed E-state index contributed by atoms with van der Waals surface area (Å²) in [6.45, 7) is 0. The van der Waals surface area contributed by atoms with Gasteiger partial charge in [0.25, 0.3) is 0 Å². The number of anilines is 1. The number of carbonyl (C=O) groups excluding carboxylic acids is 1. The first-order chi connectivity index (χ1) is 12.0. The molecular formula is C18H19F2NO4. The summed E-state index contributed by atoms with van der Waals surface area (Å²) >= 11 is 0. The SMILES string of the molecule is COc1ccc(CCC(=O)Nc2ccc(F)c(F)c2)c(OC)c1OC. The highest BCUT2D eigenvalue weighted by atomic mass is 19.2. The summed E-state index contributed by atoms with van der Waals surface area (Å²) < 4.78 is 41.9. The number of methoxy groups -OCH3 is 3. The van der Waals surface area contributed by atoms with Gasteiger partial charge in [-0.25, -0.2) is 8.78 Å². The summed E-state index contributed by atoms with van der Waals surface area (Å²) in [5, 5.41) is 2.53. The van der Waals surface area contributed by atoms with E-state index in [1.165, 1.54) is 27.4 Å². The van der Waals surface area contributed by atoms with Crippen molar-refractivity contribution in [2.75, 3.05) is 26.6 Å². The molecule has 0 unspecified atom stereocenters. The minimum atomic E-state index is -1.01. The normalized spacial score (nSPS) is 10.3. The standard InChI is InChI=1S/C18H19F2NO4/c1-23-15-8-4-11(17(24-2)18(15)25-3)5-9-16(22)21-12-6-7-13(19)14(20)10-12/h4,6-8,10H,5,9H2,1-3H3,(H,21,22). The fourth-order valence-electron chi connectivity index (χ4n) is 2.41. The van der Waals surface area contributed by atoms with Crippen molar-refractivity contribution in [3.8, 4) is 17.2 Å². The monoisotopic (exact) mass is 351 g/mol. The van der Waals surface area contributed by atoms with Crippen molar-refractivity contribution >= 4 is 11.6 Å². The molecule has 0 heterocycles. The second kappa shape index (κ2) is 8.32. The van der Waals surface area contributed by atoms with Crippen LogP contribution in [0, 0.1) is 11.6 Å². The molecule has 1 N–H and O–H groups in total. The number of ether oxygens (including phenoxy) is 3. The molecule has 0 spiro atoms. The summed E-state index contributed by atoms with van der Waals surface area (Å²) in [4.78, 5) is 12.0. The molecule has 0 fully saturated rings. The van der Waals surface area contributed by atoms with Gasteiger partial charge in [-0.15, -0.1) is 0 Å². The van der Waals surface area contributed by atoms with Crippen molar-refractivity contribution in [2.45, 2.75) is 12.8 Å². The molecule has 5 nitrogen and oxygen atoms in total. The van der Waals surface area contributed by atoms with Gasteiger partial charge >= 0.3 is 0 Å². The number of nitrogens with one attached hydrogen (secondary N) is 1. The van der Waals surface area contributed by atoms with Crippen molar-refractivity contribution in [3.63, 3.8) is 0 Å². The fraction of sp³-hybridized carbons (Fsp3) is 0.278. The van der Waals surface area contributed by atoms with E-state index in [1.54, 1.807) is 12.1 Å². The lowest BCUT2D eigenvalue weighted by Crippen LogP contribution is -2.13. The van der Waals surface area contributed by atoms with Crippen LogP contribution in [0.5, 0.6) is 17.2 Å². The molecule has 0 saturated carbocycles. The first-order valence-electron chi connectivity index (χ1n) is 7.53. The van der Waals surface area contributed by atoms with E-state index < -0.39 is 11.6 Å². The molecule has 0 aliphatic heterocycles. The number of benzene rings is 2. The third-order valence-electron chi connectivity index (χ3n) is 3.61. The first kappa shape index (κ1) is 18.5. The van der Waals surface area contributed by atoms with Crippen molar-refractivity contribution in [1.29, 1.82) is 0 Å². The zero-order valence-corrected chi connectivity index (χ0v) is 14.2. The van der Waals surface area contributed by atoms with E-state index in [0.717, 1.165) is 17.7 Å². The second-order valence-corrected chi connectivity index (χ2v) is 5.17. The summed E-state index contributed by atoms with van der Waals surface area (Å²) in [6, 6.07) is 6.70. The molecule has 0 bridgehead atoms. The van der Waals surface area contributed by atoms with Gasteiger partial charge in [-0.05, 0) is 30.2 Å². The molecule has 0 aliphatic carbocycles. The lowest BCUT2D eigenvalue weighted by atomic mass is 10.1. The topological polar surface area (TPSA) is 56.8 Å². The average Bonchev–Trinajstić information content (AvgIpc) is 2.61. The van der Waals surface area contributed by atoms with E-state index in [1.807, 2.05) is 0 Å². The van der Waals surface area contributed by atoms with Crippen LogP contribution >= 0.6 is 0 Å². The molecule has 0 radical (unpaired) electrons. The van der Waals surface area contributed by atoms with Gasteiger partial charge in [0.05, 0.1) is 21.3 Å². The van der Waals surface area contributed by atoms with Crippen LogP contribution in [0.4, 0.5) is 14.5 Å². The molecule has 7 heteroatoms. The Hall–Kier alpha value is -2.83. The molecule has 2 rings (SSSR count). The summed E-state index contributed by atoms with van der Waals surface area (Å²) in [5.41, 5.74) is 0.962. The third kappa shape index (κ3) is 4.37. The summed E-state index contributed by atoms with van der Waals surface area (Å²) in [6.07, 6.45) is 0.504. The first-order valence-corrected chi connectivity index (χ1v) is 7.53. The highest BCUT2D eigenvalue weighted by molar-refractivity contribution is 5.90. The molecule has 2 aromatic carbocycles. The van der Waals surface area contributed by atoms with Crippen LogP contribution in [0.1, 0.15) is 12.0 Å². The van der Waals surface area contributed by atoms with Gasteiger partial charge < -0.3 is 19.5 Å². The Bertz CT molecular complexity index is 765. The number of halogens is 2. The van der Waals surface area contributed by atoms with Crippen LogP contribution in [0.25, 0.3) is 0 Å². The number of aryl methyl sites for hydroxylation is 1. The highest BCUT2D eigenvalue weighted by Gasteiger charge is 2.16. The Morgan fingerprint density at radius 2 is 1.68 bits per heavy atom. The minimum absolute atomic E-state index is 0.130. The van der Waals surface area contributed by atoms with Crippen LogP contribution in [0.3, 0.4) is 0 Å². The van der Waals surface area contributed by atoms with Crippen LogP contribution in [0.15, 0.2) is 30.3 Å². The molecule has 0 aromatic heterocycles. The highest BCUT2D eigenvalue weighted by Crippen LogP contribution is 2.40. The van der Waals surface area contributed by atoms with Gasteiger partial charge in [0.2, 0.25) is 11.7 Å². The quantitative estimate of drug-likeness (QED) is 0.829. The Morgan fingerprint density at radius 1 is 0.960 bits per heavy atom. The van der Waals surface area contributed by atoms with Crippen molar-refractivity contribution in [1.82, 2.24) is 0 Å². The maximum Gasteiger partial charge on any atom is 0.224 e. The smallest absolute Gasteiger partial charge is 0.224 e. The van der Waals surface area contributed by atoms with E-state index in [9.17, 15) is 13.6 Å². The largest absolute Gasteiger partial charge is 0.493 e. The van der Waals surface area contributed by atoms with Crippen LogP contribution in [0.2, 0.25) is 0 Å². The van der Waals surface area contributed by atoms with Gasteiger partial charge in [-0.3, -0.25) is 4.79 Å². The maximum absolute atomic E-state index is 13.2. The lowest BCUT2D eigenvalue weighted by molar-refractivity contribution is -0.116. The molecule has 2 aromatic rings. The molecule has 25 heavy (non-hydrogen) atoms. The number of amides is 1. The summed E-state index contributed by atoms with van der Waals surface area (Å²) in [5.74, 6) is -0.851. The van der Waals surface area contributed by atoms with Gasteiger partial charge in [-0.2, -0.15) is 0 Å². The van der Waals surface area contributed by atoms with Crippen molar-refractivity contribution in [2.24, 2.45) is 0 Å². The Balaban J connectivity index is 2.07. The maximum atomic E-state index is 13.2.